The lowest BCUT2D eigenvalue weighted by Crippen LogP contribution is -2.36. The minimum Gasteiger partial charge on any atom is -0.469 e. The Bertz CT molecular complexity index is 1270. The summed E-state index contributed by atoms with van der Waals surface area (Å²) in [4.78, 5) is 29.1. The Hall–Kier alpha value is -3.26. The van der Waals surface area contributed by atoms with E-state index in [1.54, 1.807) is 6.26 Å². The molecule has 1 N–H and O–H groups in total. The SMILES string of the molecule is Cc1occc1-c1cc2nc3c(c(=O)n2[nH]1)CN(Cc1cnc(C(C)C)nc1)CC3. The summed E-state index contributed by atoms with van der Waals surface area (Å²) in [5, 5.41) is 3.18. The maximum atomic E-state index is 13.2. The molecule has 4 aromatic rings. The van der Waals surface area contributed by atoms with Crippen LogP contribution in [0.1, 0.15) is 48.2 Å². The molecule has 8 heteroatoms. The smallest absolute Gasteiger partial charge is 0.277 e. The van der Waals surface area contributed by atoms with Crippen molar-refractivity contribution in [2.75, 3.05) is 6.54 Å². The first-order chi connectivity index (χ1) is 14.5. The number of H-pyrrole nitrogens is 1. The highest BCUT2D eigenvalue weighted by Gasteiger charge is 2.23. The molecule has 0 aliphatic carbocycles. The van der Waals surface area contributed by atoms with Gasteiger partial charge in [0.05, 0.1) is 23.2 Å². The van der Waals surface area contributed by atoms with E-state index in [-0.39, 0.29) is 5.56 Å². The minimum absolute atomic E-state index is 0.0431. The molecule has 0 atom stereocenters. The van der Waals surface area contributed by atoms with Crippen LogP contribution in [-0.4, -0.2) is 36.0 Å². The van der Waals surface area contributed by atoms with Crippen LogP contribution in [0.3, 0.4) is 0 Å². The van der Waals surface area contributed by atoms with Crippen molar-refractivity contribution in [3.63, 3.8) is 0 Å². The van der Waals surface area contributed by atoms with Crippen LogP contribution in [0.5, 0.6) is 0 Å². The number of rotatable bonds is 4. The third kappa shape index (κ3) is 3.23. The van der Waals surface area contributed by atoms with Gasteiger partial charge < -0.3 is 4.42 Å². The van der Waals surface area contributed by atoms with Gasteiger partial charge in [-0.1, -0.05) is 13.8 Å². The Morgan fingerprint density at radius 3 is 2.77 bits per heavy atom. The Kier molecular flexibility index (Phi) is 4.51. The number of nitrogens with zero attached hydrogens (tertiary/aromatic N) is 5. The zero-order chi connectivity index (χ0) is 20.8. The van der Waals surface area contributed by atoms with E-state index in [1.165, 1.54) is 4.52 Å². The van der Waals surface area contributed by atoms with E-state index < -0.39 is 0 Å². The Morgan fingerprint density at radius 1 is 1.27 bits per heavy atom. The molecular formula is C22H24N6O2. The fourth-order valence-electron chi connectivity index (χ4n) is 3.98. The monoisotopic (exact) mass is 404 g/mol. The molecule has 0 saturated heterocycles. The molecule has 0 amide bonds. The standard InChI is InChI=1S/C22H24N6O2/c1-13(2)21-23-9-15(10-24-21)11-27-6-4-18-17(12-27)22(29)28-20(25-18)8-19(26-28)16-5-7-30-14(16)3/h5,7-10,13,26H,4,6,11-12H2,1-3H3. The topological polar surface area (TPSA) is 92.3 Å². The molecule has 30 heavy (non-hydrogen) atoms. The fraction of sp³-hybridized carbons (Fsp3) is 0.364. The summed E-state index contributed by atoms with van der Waals surface area (Å²) in [7, 11) is 0. The molecule has 0 fully saturated rings. The van der Waals surface area contributed by atoms with Gasteiger partial charge in [-0.15, -0.1) is 0 Å². The number of aromatic nitrogens is 5. The summed E-state index contributed by atoms with van der Waals surface area (Å²) in [6, 6.07) is 3.79. The van der Waals surface area contributed by atoms with Crippen LogP contribution in [-0.2, 0) is 19.5 Å². The first-order valence-corrected chi connectivity index (χ1v) is 10.2. The number of hydrogen-bond acceptors (Lipinski definition) is 6. The number of aromatic amines is 1. The maximum Gasteiger partial charge on any atom is 0.277 e. The van der Waals surface area contributed by atoms with E-state index in [0.717, 1.165) is 52.6 Å². The fourth-order valence-corrected chi connectivity index (χ4v) is 3.98. The zero-order valence-electron chi connectivity index (χ0n) is 17.3. The lowest BCUT2D eigenvalue weighted by molar-refractivity contribution is 0.241. The summed E-state index contributed by atoms with van der Waals surface area (Å²) in [5.74, 6) is 1.96. The van der Waals surface area contributed by atoms with Gasteiger partial charge in [-0.3, -0.25) is 14.8 Å². The van der Waals surface area contributed by atoms with E-state index in [4.69, 9.17) is 9.40 Å². The lowest BCUT2D eigenvalue weighted by Gasteiger charge is -2.27. The van der Waals surface area contributed by atoms with Crippen molar-refractivity contribution in [3.8, 4) is 11.3 Å². The van der Waals surface area contributed by atoms with Crippen molar-refractivity contribution in [3.05, 3.63) is 69.5 Å². The highest BCUT2D eigenvalue weighted by molar-refractivity contribution is 5.65. The molecule has 0 radical (unpaired) electrons. The molecule has 5 heterocycles. The second-order valence-electron chi connectivity index (χ2n) is 8.16. The molecule has 1 aliphatic heterocycles. The van der Waals surface area contributed by atoms with Gasteiger partial charge in [0.25, 0.3) is 5.56 Å². The largest absolute Gasteiger partial charge is 0.469 e. The molecule has 0 spiro atoms. The summed E-state index contributed by atoms with van der Waals surface area (Å²) >= 11 is 0. The van der Waals surface area contributed by atoms with Crippen LogP contribution in [0.4, 0.5) is 0 Å². The van der Waals surface area contributed by atoms with E-state index >= 15 is 0 Å². The van der Waals surface area contributed by atoms with Crippen LogP contribution >= 0.6 is 0 Å². The third-order valence-corrected chi connectivity index (χ3v) is 5.64. The molecule has 0 aromatic carbocycles. The highest BCUT2D eigenvalue weighted by atomic mass is 16.3. The van der Waals surface area contributed by atoms with Crippen LogP contribution < -0.4 is 5.56 Å². The summed E-state index contributed by atoms with van der Waals surface area (Å²) in [6.45, 7) is 8.19. The second-order valence-corrected chi connectivity index (χ2v) is 8.16. The number of aryl methyl sites for hydroxylation is 1. The van der Waals surface area contributed by atoms with Crippen LogP contribution in [0.2, 0.25) is 0 Å². The van der Waals surface area contributed by atoms with Gasteiger partial charge in [-0.2, -0.15) is 0 Å². The molecular weight excluding hydrogens is 380 g/mol. The van der Waals surface area contributed by atoms with Gasteiger partial charge in [0, 0.05) is 61.6 Å². The van der Waals surface area contributed by atoms with Crippen LogP contribution in [0, 0.1) is 6.92 Å². The highest BCUT2D eigenvalue weighted by Crippen LogP contribution is 2.24. The molecule has 1 aliphatic rings. The predicted octanol–water partition coefficient (Wildman–Crippen LogP) is 3.06. The Morgan fingerprint density at radius 2 is 2.07 bits per heavy atom. The third-order valence-electron chi connectivity index (χ3n) is 5.64. The first kappa shape index (κ1) is 18.7. The van der Waals surface area contributed by atoms with Gasteiger partial charge in [-0.05, 0) is 13.0 Å². The van der Waals surface area contributed by atoms with Gasteiger partial charge in [-0.25, -0.2) is 19.5 Å². The van der Waals surface area contributed by atoms with Crippen molar-refractivity contribution in [2.45, 2.75) is 46.2 Å². The summed E-state index contributed by atoms with van der Waals surface area (Å²) in [6.07, 6.45) is 6.16. The second kappa shape index (κ2) is 7.21. The average molecular weight is 404 g/mol. The summed E-state index contributed by atoms with van der Waals surface area (Å²) < 4.78 is 6.92. The Balaban J connectivity index is 1.43. The number of nitrogens with one attached hydrogen (secondary N) is 1. The number of furan rings is 1. The molecule has 0 bridgehead atoms. The van der Waals surface area contributed by atoms with Gasteiger partial charge in [0.15, 0.2) is 5.65 Å². The van der Waals surface area contributed by atoms with Crippen molar-refractivity contribution in [1.29, 1.82) is 0 Å². The molecule has 8 nitrogen and oxygen atoms in total. The van der Waals surface area contributed by atoms with Gasteiger partial charge >= 0.3 is 0 Å². The quantitative estimate of drug-likeness (QED) is 0.562. The molecule has 0 unspecified atom stereocenters. The Labute approximate surface area is 173 Å². The van der Waals surface area contributed by atoms with Crippen molar-refractivity contribution in [2.24, 2.45) is 0 Å². The number of hydrogen-bond donors (Lipinski definition) is 1. The van der Waals surface area contributed by atoms with Gasteiger partial charge in [0.2, 0.25) is 0 Å². The van der Waals surface area contributed by atoms with E-state index in [2.05, 4.69) is 33.8 Å². The molecule has 5 rings (SSSR count). The normalized spacial score (nSPS) is 14.5. The van der Waals surface area contributed by atoms with E-state index in [1.807, 2.05) is 31.5 Å². The van der Waals surface area contributed by atoms with E-state index in [0.29, 0.717) is 24.7 Å². The predicted molar refractivity (Wildman–Crippen MR) is 112 cm³/mol. The minimum atomic E-state index is -0.0431. The van der Waals surface area contributed by atoms with Crippen molar-refractivity contribution in [1.82, 2.24) is 29.5 Å². The molecule has 154 valence electrons. The van der Waals surface area contributed by atoms with Crippen molar-refractivity contribution >= 4 is 5.65 Å². The van der Waals surface area contributed by atoms with Crippen LogP contribution in [0.15, 0.2) is 40.0 Å². The van der Waals surface area contributed by atoms with Crippen molar-refractivity contribution < 1.29 is 4.42 Å². The lowest BCUT2D eigenvalue weighted by atomic mass is 10.1. The molecule has 0 saturated carbocycles. The van der Waals surface area contributed by atoms with E-state index in [9.17, 15) is 4.79 Å². The maximum absolute atomic E-state index is 13.2. The summed E-state index contributed by atoms with van der Waals surface area (Å²) in [5.41, 5.74) is 5.04. The zero-order valence-corrected chi connectivity index (χ0v) is 17.3. The average Bonchev–Trinajstić information content (AvgIpc) is 3.35. The van der Waals surface area contributed by atoms with Crippen LogP contribution in [0.25, 0.3) is 16.9 Å². The molecule has 4 aromatic heterocycles. The first-order valence-electron chi connectivity index (χ1n) is 10.2. The van der Waals surface area contributed by atoms with Gasteiger partial charge in [0.1, 0.15) is 11.6 Å². The number of fused-ring (bicyclic) bond motifs is 2.